The molecule has 0 saturated carbocycles. The monoisotopic (exact) mass is 337 g/mol. The lowest BCUT2D eigenvalue weighted by Gasteiger charge is -2.13. The Labute approximate surface area is 137 Å². The SMILES string of the molecule is CCNC(=O)[C@H](C)OC(=O)Cn1cnc2sc(C)c(C)c2c1=O. The molecule has 124 valence electrons. The van der Waals surface area contributed by atoms with Crippen LogP contribution in [0.4, 0.5) is 0 Å². The molecular formula is C15H19N3O4S. The van der Waals surface area contributed by atoms with Gasteiger partial charge in [-0.25, -0.2) is 4.98 Å². The summed E-state index contributed by atoms with van der Waals surface area (Å²) in [6, 6.07) is 0. The summed E-state index contributed by atoms with van der Waals surface area (Å²) in [7, 11) is 0. The van der Waals surface area contributed by atoms with Gasteiger partial charge in [-0.15, -0.1) is 11.3 Å². The Hall–Kier alpha value is -2.22. The summed E-state index contributed by atoms with van der Waals surface area (Å²) in [4.78, 5) is 41.8. The van der Waals surface area contributed by atoms with Gasteiger partial charge < -0.3 is 10.1 Å². The maximum atomic E-state index is 12.5. The van der Waals surface area contributed by atoms with Crippen LogP contribution in [0.5, 0.6) is 0 Å². The van der Waals surface area contributed by atoms with Gasteiger partial charge in [-0.2, -0.15) is 0 Å². The summed E-state index contributed by atoms with van der Waals surface area (Å²) in [5, 5.41) is 3.09. The first-order valence-corrected chi connectivity index (χ1v) is 8.09. The Balaban J connectivity index is 2.17. The van der Waals surface area contributed by atoms with Gasteiger partial charge in [0.05, 0.1) is 11.7 Å². The van der Waals surface area contributed by atoms with Crippen LogP contribution in [0.25, 0.3) is 10.2 Å². The topological polar surface area (TPSA) is 90.3 Å². The zero-order valence-corrected chi connectivity index (χ0v) is 14.3. The predicted molar refractivity (Wildman–Crippen MR) is 87.6 cm³/mol. The number of ether oxygens (including phenoxy) is 1. The third kappa shape index (κ3) is 3.58. The molecule has 8 heteroatoms. The first kappa shape index (κ1) is 17.1. The van der Waals surface area contributed by atoms with Crippen LogP contribution in [-0.2, 0) is 20.9 Å². The van der Waals surface area contributed by atoms with Gasteiger partial charge in [-0.3, -0.25) is 19.0 Å². The Kier molecular flexibility index (Phi) is 5.15. The van der Waals surface area contributed by atoms with Crippen molar-refractivity contribution < 1.29 is 14.3 Å². The molecule has 0 bridgehead atoms. The van der Waals surface area contributed by atoms with Crippen LogP contribution in [-0.4, -0.2) is 34.1 Å². The van der Waals surface area contributed by atoms with E-state index in [1.807, 2.05) is 13.8 Å². The van der Waals surface area contributed by atoms with Crippen LogP contribution in [0.2, 0.25) is 0 Å². The number of amides is 1. The largest absolute Gasteiger partial charge is 0.451 e. The first-order valence-electron chi connectivity index (χ1n) is 7.27. The van der Waals surface area contributed by atoms with Crippen molar-refractivity contribution in [3.05, 3.63) is 27.1 Å². The van der Waals surface area contributed by atoms with Crippen molar-refractivity contribution in [2.24, 2.45) is 0 Å². The molecule has 0 unspecified atom stereocenters. The second kappa shape index (κ2) is 6.91. The van der Waals surface area contributed by atoms with Gasteiger partial charge in [0.25, 0.3) is 11.5 Å². The summed E-state index contributed by atoms with van der Waals surface area (Å²) in [6.45, 7) is 7.22. The van der Waals surface area contributed by atoms with Gasteiger partial charge in [0.15, 0.2) is 6.10 Å². The molecular weight excluding hydrogens is 318 g/mol. The van der Waals surface area contributed by atoms with Gasteiger partial charge in [-0.1, -0.05) is 0 Å². The van der Waals surface area contributed by atoms with E-state index in [0.29, 0.717) is 16.8 Å². The summed E-state index contributed by atoms with van der Waals surface area (Å²) in [6.07, 6.45) is 0.429. The lowest BCUT2D eigenvalue weighted by Crippen LogP contribution is -2.37. The number of thiophene rings is 1. The van der Waals surface area contributed by atoms with Gasteiger partial charge in [0, 0.05) is 11.4 Å². The van der Waals surface area contributed by atoms with Gasteiger partial charge in [0.2, 0.25) is 0 Å². The van der Waals surface area contributed by atoms with Crippen LogP contribution in [0.1, 0.15) is 24.3 Å². The van der Waals surface area contributed by atoms with Crippen molar-refractivity contribution in [2.75, 3.05) is 6.54 Å². The van der Waals surface area contributed by atoms with Crippen LogP contribution in [0, 0.1) is 13.8 Å². The van der Waals surface area contributed by atoms with Gasteiger partial charge >= 0.3 is 5.97 Å². The van der Waals surface area contributed by atoms with Crippen LogP contribution in [0.15, 0.2) is 11.1 Å². The second-order valence-corrected chi connectivity index (χ2v) is 6.37. The molecule has 0 aliphatic rings. The van der Waals surface area contributed by atoms with E-state index in [0.717, 1.165) is 10.4 Å². The molecule has 0 fully saturated rings. The maximum Gasteiger partial charge on any atom is 0.326 e. The summed E-state index contributed by atoms with van der Waals surface area (Å²) < 4.78 is 6.24. The van der Waals surface area contributed by atoms with Gasteiger partial charge in [-0.05, 0) is 33.3 Å². The fourth-order valence-corrected chi connectivity index (χ4v) is 3.12. The van der Waals surface area contributed by atoms with E-state index in [-0.39, 0.29) is 18.0 Å². The molecule has 23 heavy (non-hydrogen) atoms. The average molecular weight is 337 g/mol. The standard InChI is InChI=1S/C15H19N3O4S/c1-5-16-13(20)9(3)22-11(19)6-18-7-17-14-12(15(18)21)8(2)10(4)23-14/h7,9H,5-6H2,1-4H3,(H,16,20)/t9-/m0/s1. The molecule has 2 aromatic rings. The molecule has 7 nitrogen and oxygen atoms in total. The molecule has 0 saturated heterocycles. The molecule has 2 aromatic heterocycles. The van der Waals surface area contributed by atoms with Crippen molar-refractivity contribution in [3.8, 4) is 0 Å². The lowest BCUT2D eigenvalue weighted by molar-refractivity contribution is -0.155. The molecule has 2 heterocycles. The highest BCUT2D eigenvalue weighted by Gasteiger charge is 2.19. The maximum absolute atomic E-state index is 12.5. The fourth-order valence-electron chi connectivity index (χ4n) is 2.13. The number of carbonyl (C=O) groups excluding carboxylic acids is 2. The van der Waals surface area contributed by atoms with E-state index in [1.165, 1.54) is 29.2 Å². The third-order valence-corrected chi connectivity index (χ3v) is 4.60. The molecule has 0 spiro atoms. The van der Waals surface area contributed by atoms with E-state index >= 15 is 0 Å². The molecule has 0 radical (unpaired) electrons. The number of carbonyl (C=O) groups is 2. The smallest absolute Gasteiger partial charge is 0.326 e. The zero-order chi connectivity index (χ0) is 17.1. The number of nitrogens with zero attached hydrogens (tertiary/aromatic N) is 2. The molecule has 0 aromatic carbocycles. The number of hydrogen-bond acceptors (Lipinski definition) is 6. The highest BCUT2D eigenvalue weighted by molar-refractivity contribution is 7.18. The minimum Gasteiger partial charge on any atom is -0.451 e. The number of esters is 1. The number of aromatic nitrogens is 2. The molecule has 2 rings (SSSR count). The minimum atomic E-state index is -0.903. The van der Waals surface area contributed by atoms with E-state index < -0.39 is 12.1 Å². The quantitative estimate of drug-likeness (QED) is 0.826. The molecule has 0 aliphatic carbocycles. The number of hydrogen-bond donors (Lipinski definition) is 1. The van der Waals surface area contributed by atoms with E-state index in [2.05, 4.69) is 10.3 Å². The first-order chi connectivity index (χ1) is 10.8. The van der Waals surface area contributed by atoms with Crippen molar-refractivity contribution in [2.45, 2.75) is 40.3 Å². The van der Waals surface area contributed by atoms with Crippen LogP contribution in [0.3, 0.4) is 0 Å². The zero-order valence-electron chi connectivity index (χ0n) is 13.5. The van der Waals surface area contributed by atoms with Gasteiger partial charge in [0.1, 0.15) is 11.4 Å². The number of fused-ring (bicyclic) bond motifs is 1. The highest BCUT2D eigenvalue weighted by atomic mass is 32.1. The van der Waals surface area contributed by atoms with Crippen molar-refractivity contribution in [1.82, 2.24) is 14.9 Å². The number of aryl methyl sites for hydroxylation is 2. The minimum absolute atomic E-state index is 0.278. The lowest BCUT2D eigenvalue weighted by atomic mass is 10.2. The Morgan fingerprint density at radius 2 is 2.13 bits per heavy atom. The number of rotatable bonds is 5. The summed E-state index contributed by atoms with van der Waals surface area (Å²) in [5.41, 5.74) is 0.598. The Morgan fingerprint density at radius 1 is 1.43 bits per heavy atom. The van der Waals surface area contributed by atoms with Crippen LogP contribution >= 0.6 is 11.3 Å². The van der Waals surface area contributed by atoms with E-state index in [4.69, 9.17) is 4.74 Å². The average Bonchev–Trinajstić information content (AvgIpc) is 2.78. The van der Waals surface area contributed by atoms with Crippen molar-refractivity contribution in [1.29, 1.82) is 0 Å². The Morgan fingerprint density at radius 3 is 2.78 bits per heavy atom. The van der Waals surface area contributed by atoms with Crippen molar-refractivity contribution >= 4 is 33.4 Å². The number of nitrogens with one attached hydrogen (secondary N) is 1. The third-order valence-electron chi connectivity index (χ3n) is 3.48. The normalized spacial score (nSPS) is 12.2. The number of likely N-dealkylation sites (N-methyl/N-ethyl adjacent to an activating group) is 1. The molecule has 0 aliphatic heterocycles. The van der Waals surface area contributed by atoms with Crippen molar-refractivity contribution in [3.63, 3.8) is 0 Å². The predicted octanol–water partition coefficient (Wildman–Crippen LogP) is 1.14. The summed E-state index contributed by atoms with van der Waals surface area (Å²) in [5.74, 6) is -1.03. The molecule has 1 atom stereocenters. The van der Waals surface area contributed by atoms with Crippen LogP contribution < -0.4 is 10.9 Å². The van der Waals surface area contributed by atoms with E-state index in [9.17, 15) is 14.4 Å². The van der Waals surface area contributed by atoms with E-state index in [1.54, 1.807) is 6.92 Å². The fraction of sp³-hybridized carbons (Fsp3) is 0.467. The molecule has 1 N–H and O–H groups in total. The Bertz CT molecular complexity index is 809. The second-order valence-electron chi connectivity index (χ2n) is 5.17. The molecule has 1 amide bonds. The summed E-state index contributed by atoms with van der Waals surface area (Å²) >= 11 is 1.45. The highest BCUT2D eigenvalue weighted by Crippen LogP contribution is 2.25.